The number of halogens is 1. The maximum absolute atomic E-state index is 14.9. The zero-order valence-corrected chi connectivity index (χ0v) is 14.6. The van der Waals surface area contributed by atoms with Gasteiger partial charge in [-0.25, -0.2) is 9.18 Å². The van der Waals surface area contributed by atoms with Crippen LogP contribution >= 0.6 is 0 Å². The summed E-state index contributed by atoms with van der Waals surface area (Å²) in [5.41, 5.74) is -0.915. The summed E-state index contributed by atoms with van der Waals surface area (Å²) in [5, 5.41) is 5.32. The quantitative estimate of drug-likeness (QED) is 0.732. The number of benzene rings is 1. The molecule has 2 rings (SSSR count). The molecule has 1 saturated heterocycles. The third-order valence-corrected chi connectivity index (χ3v) is 4.26. The number of amides is 3. The Kier molecular flexibility index (Phi) is 7.18. The highest BCUT2D eigenvalue weighted by Gasteiger charge is 2.43. The predicted octanol–water partition coefficient (Wildman–Crippen LogP) is 1.51. The van der Waals surface area contributed by atoms with Crippen molar-refractivity contribution in [2.45, 2.75) is 24.9 Å². The first-order chi connectivity index (χ1) is 12.0. The molecular formula is C18H26FN3O3. The summed E-state index contributed by atoms with van der Waals surface area (Å²) in [7, 11) is 1.51. The summed E-state index contributed by atoms with van der Waals surface area (Å²) in [6.07, 6.45) is 1.29. The number of carbonyl (C=O) groups excluding carboxylic acids is 2. The van der Waals surface area contributed by atoms with Gasteiger partial charge in [-0.2, -0.15) is 0 Å². The Balaban J connectivity index is 1.80. The fraction of sp³-hybridized carbons (Fsp3) is 0.556. The van der Waals surface area contributed by atoms with Crippen LogP contribution in [0.2, 0.25) is 0 Å². The lowest BCUT2D eigenvalue weighted by atomic mass is 9.94. The lowest BCUT2D eigenvalue weighted by molar-refractivity contribution is -0.136. The Morgan fingerprint density at radius 1 is 1.24 bits per heavy atom. The molecule has 6 nitrogen and oxygen atoms in total. The van der Waals surface area contributed by atoms with E-state index in [1.54, 1.807) is 0 Å². The molecule has 3 amide bonds. The summed E-state index contributed by atoms with van der Waals surface area (Å²) >= 11 is 0. The topological polar surface area (TPSA) is 70.7 Å². The van der Waals surface area contributed by atoms with Crippen LogP contribution in [-0.2, 0) is 16.0 Å². The molecule has 138 valence electrons. The van der Waals surface area contributed by atoms with Crippen LogP contribution in [0.5, 0.6) is 0 Å². The molecule has 7 heteroatoms. The second-order valence-electron chi connectivity index (χ2n) is 6.21. The molecule has 1 aliphatic heterocycles. The number of nitrogens with zero attached hydrogens (tertiary/aromatic N) is 1. The largest absolute Gasteiger partial charge is 0.383 e. The third kappa shape index (κ3) is 5.70. The monoisotopic (exact) mass is 351 g/mol. The van der Waals surface area contributed by atoms with E-state index in [9.17, 15) is 14.0 Å². The van der Waals surface area contributed by atoms with E-state index in [0.29, 0.717) is 32.5 Å². The van der Waals surface area contributed by atoms with Crippen LogP contribution < -0.4 is 10.6 Å². The van der Waals surface area contributed by atoms with Crippen molar-refractivity contribution in [1.82, 2.24) is 15.5 Å². The number of likely N-dealkylation sites (tertiary alicyclic amines) is 1. The van der Waals surface area contributed by atoms with Crippen molar-refractivity contribution in [2.75, 3.05) is 39.9 Å². The van der Waals surface area contributed by atoms with Crippen molar-refractivity contribution in [3.8, 4) is 0 Å². The molecule has 0 radical (unpaired) electrons. The van der Waals surface area contributed by atoms with Crippen molar-refractivity contribution in [2.24, 2.45) is 0 Å². The van der Waals surface area contributed by atoms with Crippen molar-refractivity contribution in [3.05, 3.63) is 35.9 Å². The average molecular weight is 351 g/mol. The molecule has 2 N–H and O–H groups in total. The molecule has 0 spiro atoms. The molecule has 1 heterocycles. The van der Waals surface area contributed by atoms with Gasteiger partial charge in [0.2, 0.25) is 5.67 Å². The number of methoxy groups -OCH3 is 1. The first-order valence-corrected chi connectivity index (χ1v) is 8.58. The summed E-state index contributed by atoms with van der Waals surface area (Å²) in [5.74, 6) is -0.675. The van der Waals surface area contributed by atoms with Gasteiger partial charge in [-0.15, -0.1) is 0 Å². The molecule has 1 atom stereocenters. The maximum Gasteiger partial charge on any atom is 0.317 e. The predicted molar refractivity (Wildman–Crippen MR) is 93.1 cm³/mol. The number of urea groups is 1. The van der Waals surface area contributed by atoms with Crippen LogP contribution in [0.25, 0.3) is 0 Å². The van der Waals surface area contributed by atoms with E-state index < -0.39 is 11.6 Å². The van der Waals surface area contributed by atoms with Gasteiger partial charge in [0.1, 0.15) is 0 Å². The minimum absolute atomic E-state index is 0.125. The summed E-state index contributed by atoms with van der Waals surface area (Å²) < 4.78 is 19.8. The minimum atomic E-state index is -2.04. The van der Waals surface area contributed by atoms with E-state index in [4.69, 9.17) is 4.74 Å². The van der Waals surface area contributed by atoms with Gasteiger partial charge in [0, 0.05) is 26.7 Å². The van der Waals surface area contributed by atoms with Gasteiger partial charge >= 0.3 is 6.03 Å². The Hall–Kier alpha value is -2.15. The van der Waals surface area contributed by atoms with Crippen LogP contribution in [0, 0.1) is 0 Å². The van der Waals surface area contributed by atoms with E-state index in [2.05, 4.69) is 10.6 Å². The van der Waals surface area contributed by atoms with Crippen LogP contribution in [0.1, 0.15) is 18.4 Å². The van der Waals surface area contributed by atoms with E-state index in [1.165, 1.54) is 12.0 Å². The number of rotatable bonds is 7. The third-order valence-electron chi connectivity index (χ3n) is 4.26. The number of nitrogens with one attached hydrogen (secondary N) is 2. The normalized spacial score (nSPS) is 20.2. The molecule has 0 bridgehead atoms. The highest BCUT2D eigenvalue weighted by Crippen LogP contribution is 2.25. The number of hydrogen-bond donors (Lipinski definition) is 2. The van der Waals surface area contributed by atoms with Gasteiger partial charge in [-0.1, -0.05) is 30.3 Å². The minimum Gasteiger partial charge on any atom is -0.383 e. The molecule has 1 unspecified atom stereocenters. The smallest absolute Gasteiger partial charge is 0.317 e. The van der Waals surface area contributed by atoms with Gasteiger partial charge in [0.05, 0.1) is 13.2 Å². The van der Waals surface area contributed by atoms with E-state index >= 15 is 0 Å². The van der Waals surface area contributed by atoms with Crippen molar-refractivity contribution >= 4 is 11.9 Å². The van der Waals surface area contributed by atoms with Crippen molar-refractivity contribution in [3.63, 3.8) is 0 Å². The summed E-state index contributed by atoms with van der Waals surface area (Å²) in [6, 6.07) is 9.48. The van der Waals surface area contributed by atoms with Crippen LogP contribution in [0.15, 0.2) is 30.3 Å². The first-order valence-electron chi connectivity index (χ1n) is 8.58. The van der Waals surface area contributed by atoms with Crippen LogP contribution in [0.4, 0.5) is 9.18 Å². The van der Waals surface area contributed by atoms with Gasteiger partial charge in [0.25, 0.3) is 5.91 Å². The molecule has 1 aromatic rings. The Bertz CT molecular complexity index is 570. The molecule has 1 fully saturated rings. The standard InChI is InChI=1S/C18H26FN3O3/c1-25-13-11-20-16(23)18(19)9-5-12-22(14-18)17(24)21-10-8-15-6-3-2-4-7-15/h2-4,6-7H,5,8-14H2,1H3,(H,20,23)(H,21,24). The number of piperidine rings is 1. The maximum atomic E-state index is 14.9. The number of carbonyl (C=O) groups is 2. The van der Waals surface area contributed by atoms with Gasteiger partial charge in [-0.05, 0) is 24.8 Å². The number of hydrogen-bond acceptors (Lipinski definition) is 3. The van der Waals surface area contributed by atoms with Gasteiger partial charge in [0.15, 0.2) is 0 Å². The number of ether oxygens (including phenoxy) is 1. The molecule has 0 aromatic heterocycles. The fourth-order valence-electron chi connectivity index (χ4n) is 2.86. The zero-order valence-electron chi connectivity index (χ0n) is 14.6. The summed E-state index contributed by atoms with van der Waals surface area (Å²) in [6.45, 7) is 1.28. The Labute approximate surface area is 147 Å². The van der Waals surface area contributed by atoms with Crippen LogP contribution in [0.3, 0.4) is 0 Å². The van der Waals surface area contributed by atoms with Crippen molar-refractivity contribution in [1.29, 1.82) is 0 Å². The molecular weight excluding hydrogens is 325 g/mol. The zero-order chi connectivity index (χ0) is 18.1. The molecule has 25 heavy (non-hydrogen) atoms. The second kappa shape index (κ2) is 9.36. The lowest BCUT2D eigenvalue weighted by Gasteiger charge is -2.36. The van der Waals surface area contributed by atoms with Gasteiger partial charge in [-0.3, -0.25) is 4.79 Å². The van der Waals surface area contributed by atoms with Gasteiger partial charge < -0.3 is 20.3 Å². The lowest BCUT2D eigenvalue weighted by Crippen LogP contribution is -2.57. The highest BCUT2D eigenvalue weighted by atomic mass is 19.1. The first kappa shape index (κ1) is 19.2. The van der Waals surface area contributed by atoms with E-state index in [-0.39, 0.29) is 25.5 Å². The van der Waals surface area contributed by atoms with Crippen LogP contribution in [-0.4, -0.2) is 62.4 Å². The van der Waals surface area contributed by atoms with E-state index in [0.717, 1.165) is 5.56 Å². The molecule has 0 aliphatic carbocycles. The highest BCUT2D eigenvalue weighted by molar-refractivity contribution is 5.86. The summed E-state index contributed by atoms with van der Waals surface area (Å²) in [4.78, 5) is 25.7. The molecule has 1 aliphatic rings. The molecule has 1 aromatic carbocycles. The van der Waals surface area contributed by atoms with E-state index in [1.807, 2.05) is 30.3 Å². The number of alkyl halides is 1. The average Bonchev–Trinajstić information content (AvgIpc) is 2.62. The molecule has 0 saturated carbocycles. The fourth-order valence-corrected chi connectivity index (χ4v) is 2.86. The Morgan fingerprint density at radius 2 is 2.00 bits per heavy atom. The van der Waals surface area contributed by atoms with Crippen molar-refractivity contribution < 1.29 is 18.7 Å². The Morgan fingerprint density at radius 3 is 2.72 bits per heavy atom. The second-order valence-corrected chi connectivity index (χ2v) is 6.21. The SMILES string of the molecule is COCCNC(=O)C1(F)CCCN(C(=O)NCCc2ccccc2)C1.